The minimum Gasteiger partial charge on any atom is -0.484 e. The zero-order chi connectivity index (χ0) is 18.4. The van der Waals surface area contributed by atoms with Crippen LogP contribution in [0.3, 0.4) is 0 Å². The van der Waals surface area contributed by atoms with Crippen LogP contribution >= 0.6 is 11.6 Å². The summed E-state index contributed by atoms with van der Waals surface area (Å²) in [6.45, 7) is 3.89. The Balaban J connectivity index is 1.44. The van der Waals surface area contributed by atoms with Crippen molar-refractivity contribution in [3.8, 4) is 11.8 Å². The number of rotatable bonds is 5. The molecule has 0 bridgehead atoms. The van der Waals surface area contributed by atoms with E-state index in [4.69, 9.17) is 21.6 Å². The molecule has 2 aromatic carbocycles. The van der Waals surface area contributed by atoms with Crippen molar-refractivity contribution in [2.75, 3.05) is 32.8 Å². The second-order valence-corrected chi connectivity index (χ2v) is 6.65. The summed E-state index contributed by atoms with van der Waals surface area (Å²) in [5.74, 6) is 0.511. The minimum atomic E-state index is -0.0292. The van der Waals surface area contributed by atoms with Gasteiger partial charge in [0.1, 0.15) is 5.75 Å². The number of nitriles is 1. The third-order valence-corrected chi connectivity index (χ3v) is 4.62. The molecule has 1 fully saturated rings. The largest absolute Gasteiger partial charge is 0.484 e. The summed E-state index contributed by atoms with van der Waals surface area (Å²) in [5, 5.41) is 9.64. The van der Waals surface area contributed by atoms with Gasteiger partial charge in [-0.2, -0.15) is 5.26 Å². The molecule has 0 N–H and O–H groups in total. The molecule has 0 spiro atoms. The summed E-state index contributed by atoms with van der Waals surface area (Å²) in [5.41, 5.74) is 1.74. The van der Waals surface area contributed by atoms with E-state index in [-0.39, 0.29) is 12.5 Å². The van der Waals surface area contributed by atoms with Gasteiger partial charge in [-0.3, -0.25) is 9.69 Å². The second kappa shape index (κ2) is 8.70. The van der Waals surface area contributed by atoms with E-state index < -0.39 is 0 Å². The first-order valence-corrected chi connectivity index (χ1v) is 8.89. The Kier molecular flexibility index (Phi) is 6.11. The Bertz CT molecular complexity index is 793. The SMILES string of the molecule is N#Cc1cccc(OCC(=O)N2CCN(Cc3ccc(Cl)cc3)CC2)c1. The van der Waals surface area contributed by atoms with E-state index in [9.17, 15) is 4.79 Å². The van der Waals surface area contributed by atoms with Crippen LogP contribution in [0.5, 0.6) is 5.75 Å². The molecular formula is C20H20ClN3O2. The molecule has 3 rings (SSSR count). The highest BCUT2D eigenvalue weighted by molar-refractivity contribution is 6.30. The zero-order valence-electron chi connectivity index (χ0n) is 14.4. The van der Waals surface area contributed by atoms with Gasteiger partial charge in [0.15, 0.2) is 6.61 Å². The number of amides is 1. The van der Waals surface area contributed by atoms with Crippen LogP contribution in [0.1, 0.15) is 11.1 Å². The van der Waals surface area contributed by atoms with Crippen molar-refractivity contribution < 1.29 is 9.53 Å². The summed E-state index contributed by atoms with van der Waals surface area (Å²) < 4.78 is 5.53. The Morgan fingerprint density at radius 1 is 1.12 bits per heavy atom. The Morgan fingerprint density at radius 3 is 2.54 bits per heavy atom. The van der Waals surface area contributed by atoms with Crippen molar-refractivity contribution in [1.29, 1.82) is 5.26 Å². The standard InChI is InChI=1S/C20H20ClN3O2/c21-18-6-4-16(5-7-18)14-23-8-10-24(11-9-23)20(25)15-26-19-3-1-2-17(12-19)13-22/h1-7,12H,8-11,14-15H2. The van der Waals surface area contributed by atoms with E-state index in [1.807, 2.05) is 29.2 Å². The van der Waals surface area contributed by atoms with Gasteiger partial charge < -0.3 is 9.64 Å². The lowest BCUT2D eigenvalue weighted by molar-refractivity contribution is -0.135. The first-order valence-electron chi connectivity index (χ1n) is 8.51. The molecule has 0 atom stereocenters. The van der Waals surface area contributed by atoms with E-state index in [0.717, 1.165) is 24.7 Å². The molecule has 5 nitrogen and oxygen atoms in total. The predicted molar refractivity (Wildman–Crippen MR) is 100.0 cm³/mol. The Morgan fingerprint density at radius 2 is 1.85 bits per heavy atom. The number of hydrogen-bond acceptors (Lipinski definition) is 4. The van der Waals surface area contributed by atoms with Crippen molar-refractivity contribution in [2.24, 2.45) is 0 Å². The summed E-state index contributed by atoms with van der Waals surface area (Å²) in [6, 6.07) is 16.7. The molecule has 1 amide bonds. The fourth-order valence-electron chi connectivity index (χ4n) is 2.90. The molecule has 0 aliphatic carbocycles. The molecule has 0 saturated carbocycles. The number of nitrogens with zero attached hydrogens (tertiary/aromatic N) is 3. The van der Waals surface area contributed by atoms with E-state index in [2.05, 4.69) is 11.0 Å². The topological polar surface area (TPSA) is 56.6 Å². The van der Waals surface area contributed by atoms with E-state index >= 15 is 0 Å². The average molecular weight is 370 g/mol. The van der Waals surface area contributed by atoms with E-state index in [0.29, 0.717) is 24.4 Å². The fraction of sp³-hybridized carbons (Fsp3) is 0.300. The van der Waals surface area contributed by atoms with Gasteiger partial charge >= 0.3 is 0 Å². The first-order chi connectivity index (χ1) is 12.6. The summed E-state index contributed by atoms with van der Waals surface area (Å²) in [7, 11) is 0. The van der Waals surface area contributed by atoms with Crippen molar-refractivity contribution in [3.05, 3.63) is 64.7 Å². The molecule has 0 radical (unpaired) electrons. The van der Waals surface area contributed by atoms with Crippen LogP contribution in [0.2, 0.25) is 5.02 Å². The lowest BCUT2D eigenvalue weighted by Crippen LogP contribution is -2.49. The molecule has 2 aromatic rings. The highest BCUT2D eigenvalue weighted by Gasteiger charge is 2.21. The second-order valence-electron chi connectivity index (χ2n) is 6.21. The lowest BCUT2D eigenvalue weighted by Gasteiger charge is -2.34. The van der Waals surface area contributed by atoms with E-state index in [1.165, 1.54) is 5.56 Å². The molecule has 6 heteroatoms. The molecule has 1 aliphatic heterocycles. The van der Waals surface area contributed by atoms with Gasteiger partial charge in [-0.15, -0.1) is 0 Å². The average Bonchev–Trinajstić information content (AvgIpc) is 2.68. The lowest BCUT2D eigenvalue weighted by atomic mass is 10.2. The van der Waals surface area contributed by atoms with Crippen LogP contribution in [0.4, 0.5) is 0 Å². The number of piperazine rings is 1. The molecule has 1 aliphatic rings. The van der Waals surface area contributed by atoms with Gasteiger partial charge in [0.25, 0.3) is 5.91 Å². The highest BCUT2D eigenvalue weighted by atomic mass is 35.5. The monoisotopic (exact) mass is 369 g/mol. The van der Waals surface area contributed by atoms with Crippen molar-refractivity contribution in [3.63, 3.8) is 0 Å². The number of halogens is 1. The molecule has 0 aromatic heterocycles. The molecule has 1 heterocycles. The number of ether oxygens (including phenoxy) is 1. The van der Waals surface area contributed by atoms with Crippen LogP contribution in [-0.2, 0) is 11.3 Å². The van der Waals surface area contributed by atoms with Gasteiger partial charge in [-0.1, -0.05) is 29.8 Å². The quantitative estimate of drug-likeness (QED) is 0.813. The van der Waals surface area contributed by atoms with Crippen LogP contribution in [0.15, 0.2) is 48.5 Å². The molecule has 1 saturated heterocycles. The highest BCUT2D eigenvalue weighted by Crippen LogP contribution is 2.14. The summed E-state index contributed by atoms with van der Waals surface area (Å²) >= 11 is 5.91. The van der Waals surface area contributed by atoms with Gasteiger partial charge in [-0.05, 0) is 35.9 Å². The zero-order valence-corrected chi connectivity index (χ0v) is 15.2. The number of hydrogen-bond donors (Lipinski definition) is 0. The third kappa shape index (κ3) is 4.98. The first kappa shape index (κ1) is 18.2. The fourth-order valence-corrected chi connectivity index (χ4v) is 3.02. The van der Waals surface area contributed by atoms with Gasteiger partial charge in [0.2, 0.25) is 0 Å². The van der Waals surface area contributed by atoms with Crippen LogP contribution in [0, 0.1) is 11.3 Å². The Labute approximate surface area is 158 Å². The number of benzene rings is 2. The maximum atomic E-state index is 12.3. The van der Waals surface area contributed by atoms with Crippen molar-refractivity contribution >= 4 is 17.5 Å². The summed E-state index contributed by atoms with van der Waals surface area (Å²) in [4.78, 5) is 16.5. The van der Waals surface area contributed by atoms with Crippen LogP contribution < -0.4 is 4.74 Å². The van der Waals surface area contributed by atoms with Crippen LogP contribution in [0.25, 0.3) is 0 Å². The van der Waals surface area contributed by atoms with Gasteiger partial charge in [-0.25, -0.2) is 0 Å². The van der Waals surface area contributed by atoms with Crippen LogP contribution in [-0.4, -0.2) is 48.5 Å². The van der Waals surface area contributed by atoms with Crippen molar-refractivity contribution in [2.45, 2.75) is 6.54 Å². The molecular weight excluding hydrogens is 350 g/mol. The molecule has 0 unspecified atom stereocenters. The maximum Gasteiger partial charge on any atom is 0.260 e. The predicted octanol–water partition coefficient (Wildman–Crippen LogP) is 2.93. The maximum absolute atomic E-state index is 12.3. The normalized spacial score (nSPS) is 14.7. The third-order valence-electron chi connectivity index (χ3n) is 4.37. The minimum absolute atomic E-state index is 0.00787. The Hall–Kier alpha value is -2.55. The van der Waals surface area contributed by atoms with E-state index in [1.54, 1.807) is 24.3 Å². The number of carbonyl (C=O) groups is 1. The van der Waals surface area contributed by atoms with Gasteiger partial charge in [0, 0.05) is 37.7 Å². The van der Waals surface area contributed by atoms with Gasteiger partial charge in [0.05, 0.1) is 11.6 Å². The smallest absolute Gasteiger partial charge is 0.260 e. The molecule has 134 valence electrons. The number of carbonyl (C=O) groups excluding carboxylic acids is 1. The summed E-state index contributed by atoms with van der Waals surface area (Å²) in [6.07, 6.45) is 0. The molecule has 26 heavy (non-hydrogen) atoms. The van der Waals surface area contributed by atoms with Crippen molar-refractivity contribution in [1.82, 2.24) is 9.80 Å².